The SMILES string of the molecule is FC(F)(F)C1(c2cc(Cl)cc(Cl)c2)C=C(c2ccc(-n3ccnc3)cc2)NO1. The van der Waals surface area contributed by atoms with Gasteiger partial charge in [0.1, 0.15) is 0 Å². The van der Waals surface area contributed by atoms with Crippen LogP contribution in [0.3, 0.4) is 0 Å². The molecule has 3 aromatic rings. The van der Waals surface area contributed by atoms with E-state index < -0.39 is 11.8 Å². The Labute approximate surface area is 168 Å². The Kier molecular flexibility index (Phi) is 4.61. The second kappa shape index (κ2) is 6.84. The van der Waals surface area contributed by atoms with Crippen molar-refractivity contribution < 1.29 is 18.0 Å². The van der Waals surface area contributed by atoms with Gasteiger partial charge in [-0.25, -0.2) is 4.98 Å². The van der Waals surface area contributed by atoms with Crippen LogP contribution in [-0.4, -0.2) is 15.7 Å². The van der Waals surface area contributed by atoms with Crippen LogP contribution in [0.1, 0.15) is 11.1 Å². The topological polar surface area (TPSA) is 39.1 Å². The van der Waals surface area contributed by atoms with E-state index in [0.717, 1.165) is 11.8 Å². The van der Waals surface area contributed by atoms with Crippen LogP contribution in [0.15, 0.2) is 67.3 Å². The number of imidazole rings is 1. The summed E-state index contributed by atoms with van der Waals surface area (Å²) in [5.41, 5.74) is 1.02. The lowest BCUT2D eigenvalue weighted by Gasteiger charge is -2.28. The molecule has 0 spiro atoms. The minimum atomic E-state index is -4.74. The average Bonchev–Trinajstić information content (AvgIpc) is 3.31. The molecule has 0 saturated heterocycles. The first-order valence-corrected chi connectivity index (χ1v) is 8.83. The number of hydrogen-bond donors (Lipinski definition) is 1. The summed E-state index contributed by atoms with van der Waals surface area (Å²) in [5.74, 6) is 0. The van der Waals surface area contributed by atoms with Crippen molar-refractivity contribution in [3.63, 3.8) is 0 Å². The second-order valence-corrected chi connectivity index (χ2v) is 7.04. The fourth-order valence-corrected chi connectivity index (χ4v) is 3.50. The van der Waals surface area contributed by atoms with Gasteiger partial charge in [-0.1, -0.05) is 35.3 Å². The molecule has 0 amide bonds. The standard InChI is InChI=1S/C19H12Cl2F3N3O/c20-14-7-13(8-15(21)9-14)18(19(22,23)24)10-17(26-28-18)12-1-3-16(4-2-12)27-6-5-25-11-27/h1-11,26H. The van der Waals surface area contributed by atoms with Crippen molar-refractivity contribution in [2.75, 3.05) is 0 Å². The number of benzene rings is 2. The number of halogens is 5. The highest BCUT2D eigenvalue weighted by Gasteiger charge is 2.59. The van der Waals surface area contributed by atoms with Gasteiger partial charge >= 0.3 is 6.18 Å². The van der Waals surface area contributed by atoms with E-state index in [0.29, 0.717) is 5.56 Å². The first kappa shape index (κ1) is 18.9. The predicted molar refractivity (Wildman–Crippen MR) is 100.0 cm³/mol. The molecule has 2 aromatic carbocycles. The Morgan fingerprint density at radius 1 is 1.04 bits per heavy atom. The first-order valence-electron chi connectivity index (χ1n) is 8.07. The van der Waals surface area contributed by atoms with Gasteiger partial charge in [-0.05, 0) is 42.0 Å². The molecule has 0 fully saturated rings. The number of aromatic nitrogens is 2. The van der Waals surface area contributed by atoms with Crippen LogP contribution in [0.4, 0.5) is 13.2 Å². The van der Waals surface area contributed by atoms with E-state index in [1.54, 1.807) is 47.6 Å². The molecule has 1 aliphatic heterocycles. The van der Waals surface area contributed by atoms with Gasteiger partial charge in [-0.3, -0.25) is 10.3 Å². The van der Waals surface area contributed by atoms with Crippen LogP contribution in [0.25, 0.3) is 11.4 Å². The maximum atomic E-state index is 14.0. The number of nitrogens with one attached hydrogen (secondary N) is 1. The molecular weight excluding hydrogens is 414 g/mol. The molecule has 0 bridgehead atoms. The van der Waals surface area contributed by atoms with Crippen LogP contribution in [-0.2, 0) is 10.4 Å². The summed E-state index contributed by atoms with van der Waals surface area (Å²) >= 11 is 11.8. The quantitative estimate of drug-likeness (QED) is 0.600. The minimum Gasteiger partial charge on any atom is -0.306 e. The molecule has 1 aliphatic rings. The van der Waals surface area contributed by atoms with Crippen molar-refractivity contribution in [3.05, 3.63) is 88.4 Å². The number of hydrogen-bond acceptors (Lipinski definition) is 3. The lowest BCUT2D eigenvalue weighted by molar-refractivity contribution is -0.269. The third-order valence-corrected chi connectivity index (χ3v) is 4.80. The van der Waals surface area contributed by atoms with Crippen molar-refractivity contribution in [1.82, 2.24) is 15.0 Å². The summed E-state index contributed by atoms with van der Waals surface area (Å²) in [7, 11) is 0. The van der Waals surface area contributed by atoms with Crippen LogP contribution in [0, 0.1) is 0 Å². The normalized spacial score (nSPS) is 19.4. The molecule has 4 rings (SSSR count). The first-order chi connectivity index (χ1) is 13.3. The summed E-state index contributed by atoms with van der Waals surface area (Å²) in [6.07, 6.45) is 1.27. The number of alkyl halides is 3. The fourth-order valence-electron chi connectivity index (χ4n) is 2.98. The lowest BCUT2D eigenvalue weighted by atomic mass is 9.91. The molecule has 1 aromatic heterocycles. The van der Waals surface area contributed by atoms with E-state index in [-0.39, 0.29) is 21.3 Å². The molecule has 1 unspecified atom stereocenters. The van der Waals surface area contributed by atoms with E-state index in [9.17, 15) is 13.2 Å². The van der Waals surface area contributed by atoms with Crippen molar-refractivity contribution in [1.29, 1.82) is 0 Å². The maximum absolute atomic E-state index is 14.0. The van der Waals surface area contributed by atoms with Crippen molar-refractivity contribution in [2.45, 2.75) is 11.8 Å². The van der Waals surface area contributed by atoms with Gasteiger partial charge in [0.15, 0.2) is 0 Å². The van der Waals surface area contributed by atoms with E-state index in [1.165, 1.54) is 18.2 Å². The van der Waals surface area contributed by atoms with Crippen molar-refractivity contribution >= 4 is 28.9 Å². The molecule has 1 atom stereocenters. The molecule has 4 nitrogen and oxygen atoms in total. The zero-order valence-electron chi connectivity index (χ0n) is 14.0. The Hall–Kier alpha value is -2.48. The number of rotatable bonds is 3. The fraction of sp³-hybridized carbons (Fsp3) is 0.105. The number of hydroxylamine groups is 1. The molecule has 0 radical (unpaired) electrons. The molecule has 28 heavy (non-hydrogen) atoms. The maximum Gasteiger partial charge on any atom is 0.428 e. The highest BCUT2D eigenvalue weighted by atomic mass is 35.5. The smallest absolute Gasteiger partial charge is 0.306 e. The lowest BCUT2D eigenvalue weighted by Crippen LogP contribution is -2.42. The van der Waals surface area contributed by atoms with Gasteiger partial charge in [-0.2, -0.15) is 13.2 Å². The zero-order valence-corrected chi connectivity index (χ0v) is 15.6. The molecule has 0 saturated carbocycles. The minimum absolute atomic E-state index is 0.0845. The van der Waals surface area contributed by atoms with Gasteiger partial charge in [0.2, 0.25) is 5.60 Å². The van der Waals surface area contributed by atoms with Crippen LogP contribution < -0.4 is 5.48 Å². The van der Waals surface area contributed by atoms with Gasteiger partial charge in [0.05, 0.1) is 12.0 Å². The molecule has 1 N–H and O–H groups in total. The van der Waals surface area contributed by atoms with Crippen molar-refractivity contribution in [2.24, 2.45) is 0 Å². The molecular formula is C19H12Cl2F3N3O. The Bertz CT molecular complexity index is 1010. The largest absolute Gasteiger partial charge is 0.428 e. The highest BCUT2D eigenvalue weighted by Crippen LogP contribution is 2.48. The van der Waals surface area contributed by atoms with Gasteiger partial charge < -0.3 is 4.57 Å². The highest BCUT2D eigenvalue weighted by molar-refractivity contribution is 6.34. The van der Waals surface area contributed by atoms with E-state index in [1.807, 2.05) is 0 Å². The summed E-state index contributed by atoms with van der Waals surface area (Å²) in [6, 6.07) is 10.6. The molecule has 2 heterocycles. The van der Waals surface area contributed by atoms with E-state index >= 15 is 0 Å². The average molecular weight is 426 g/mol. The summed E-state index contributed by atoms with van der Waals surface area (Å²) < 4.78 is 43.8. The van der Waals surface area contributed by atoms with Gasteiger partial charge in [-0.15, -0.1) is 0 Å². The second-order valence-electron chi connectivity index (χ2n) is 6.17. The van der Waals surface area contributed by atoms with Crippen LogP contribution in [0.5, 0.6) is 0 Å². The summed E-state index contributed by atoms with van der Waals surface area (Å²) in [5, 5.41) is 0.169. The number of nitrogens with zero attached hydrogens (tertiary/aromatic N) is 2. The zero-order chi connectivity index (χ0) is 19.9. The summed E-state index contributed by atoms with van der Waals surface area (Å²) in [6.45, 7) is 0. The van der Waals surface area contributed by atoms with Gasteiger partial charge in [0, 0.05) is 33.7 Å². The predicted octanol–water partition coefficient (Wildman–Crippen LogP) is 5.51. The summed E-state index contributed by atoms with van der Waals surface area (Å²) in [4.78, 5) is 9.04. The van der Waals surface area contributed by atoms with Crippen LogP contribution >= 0.6 is 23.2 Å². The monoisotopic (exact) mass is 425 g/mol. The Morgan fingerprint density at radius 3 is 2.29 bits per heavy atom. The van der Waals surface area contributed by atoms with Gasteiger partial charge in [0.25, 0.3) is 0 Å². The molecule has 0 aliphatic carbocycles. The van der Waals surface area contributed by atoms with Crippen LogP contribution in [0.2, 0.25) is 10.0 Å². The third kappa shape index (κ3) is 3.26. The van der Waals surface area contributed by atoms with E-state index in [4.69, 9.17) is 28.0 Å². The van der Waals surface area contributed by atoms with E-state index in [2.05, 4.69) is 10.5 Å². The molecule has 9 heteroatoms. The Morgan fingerprint density at radius 2 is 1.71 bits per heavy atom. The third-order valence-electron chi connectivity index (χ3n) is 4.36. The molecule has 144 valence electrons. The Balaban J connectivity index is 1.75. The van der Waals surface area contributed by atoms with Crippen molar-refractivity contribution in [3.8, 4) is 5.69 Å².